The third kappa shape index (κ3) is 3.76. The van der Waals surface area contributed by atoms with Crippen LogP contribution in [0.1, 0.15) is 18.4 Å². The second-order valence-corrected chi connectivity index (χ2v) is 5.69. The molecule has 0 radical (unpaired) electrons. The quantitative estimate of drug-likeness (QED) is 0.864. The average molecular weight is 301 g/mol. The number of hydrogen-bond acceptors (Lipinski definition) is 2. The molecule has 0 aromatic heterocycles. The first-order valence-electron chi connectivity index (χ1n) is 7.10. The number of nitrogens with one attached hydrogen (secondary N) is 2. The first-order chi connectivity index (χ1) is 10.2. The van der Waals surface area contributed by atoms with Crippen LogP contribution in [0, 0.1) is 5.92 Å². The zero-order valence-electron chi connectivity index (χ0n) is 11.6. The zero-order valence-corrected chi connectivity index (χ0v) is 12.4. The maximum atomic E-state index is 11.7. The summed E-state index contributed by atoms with van der Waals surface area (Å²) >= 11 is 6.12. The molecular weight excluding hydrogens is 284 g/mol. The van der Waals surface area contributed by atoms with Gasteiger partial charge in [-0.15, -0.1) is 0 Å². The largest absolute Gasteiger partial charge is 0.381 e. The van der Waals surface area contributed by atoms with E-state index in [0.717, 1.165) is 34.8 Å². The van der Waals surface area contributed by atoms with Crippen LogP contribution in [0.3, 0.4) is 0 Å². The first kappa shape index (κ1) is 14.0. The van der Waals surface area contributed by atoms with Crippen LogP contribution in [0.2, 0.25) is 5.02 Å². The molecule has 1 aliphatic rings. The molecule has 108 valence electrons. The van der Waals surface area contributed by atoms with E-state index in [4.69, 9.17) is 11.6 Å². The van der Waals surface area contributed by atoms with Crippen LogP contribution < -0.4 is 10.6 Å². The Balaban J connectivity index is 1.56. The van der Waals surface area contributed by atoms with Gasteiger partial charge in [-0.05, 0) is 48.7 Å². The predicted molar refractivity (Wildman–Crippen MR) is 86.6 cm³/mol. The number of carbonyl (C=O) groups excluding carboxylic acids is 1. The second kappa shape index (κ2) is 6.19. The SMILES string of the molecule is O=C(Nc1ccc(NCc2ccccc2Cl)cc1)C1CC1. The number of amides is 1. The lowest BCUT2D eigenvalue weighted by atomic mass is 10.2. The fourth-order valence-electron chi connectivity index (χ4n) is 2.10. The Labute approximate surface area is 129 Å². The van der Waals surface area contributed by atoms with Crippen molar-refractivity contribution in [2.24, 2.45) is 5.92 Å². The zero-order chi connectivity index (χ0) is 14.7. The molecule has 21 heavy (non-hydrogen) atoms. The summed E-state index contributed by atoms with van der Waals surface area (Å²) in [7, 11) is 0. The summed E-state index contributed by atoms with van der Waals surface area (Å²) in [6, 6.07) is 15.5. The van der Waals surface area contributed by atoms with Crippen molar-refractivity contribution in [3.05, 3.63) is 59.1 Å². The van der Waals surface area contributed by atoms with Gasteiger partial charge < -0.3 is 10.6 Å². The fraction of sp³-hybridized carbons (Fsp3) is 0.235. The van der Waals surface area contributed by atoms with E-state index in [2.05, 4.69) is 10.6 Å². The third-order valence-corrected chi connectivity index (χ3v) is 3.91. The van der Waals surface area contributed by atoms with E-state index in [9.17, 15) is 4.79 Å². The van der Waals surface area contributed by atoms with Crippen molar-refractivity contribution in [1.82, 2.24) is 0 Å². The van der Waals surface area contributed by atoms with Gasteiger partial charge in [-0.3, -0.25) is 4.79 Å². The number of benzene rings is 2. The van der Waals surface area contributed by atoms with E-state index in [-0.39, 0.29) is 11.8 Å². The summed E-state index contributed by atoms with van der Waals surface area (Å²) < 4.78 is 0. The van der Waals surface area contributed by atoms with Crippen molar-refractivity contribution >= 4 is 28.9 Å². The van der Waals surface area contributed by atoms with E-state index in [1.165, 1.54) is 0 Å². The Morgan fingerprint density at radius 1 is 1.05 bits per heavy atom. The highest BCUT2D eigenvalue weighted by molar-refractivity contribution is 6.31. The lowest BCUT2D eigenvalue weighted by Crippen LogP contribution is -2.13. The highest BCUT2D eigenvalue weighted by Crippen LogP contribution is 2.30. The molecule has 4 heteroatoms. The van der Waals surface area contributed by atoms with Crippen molar-refractivity contribution in [2.45, 2.75) is 19.4 Å². The Morgan fingerprint density at radius 3 is 2.38 bits per heavy atom. The normalized spacial score (nSPS) is 13.8. The van der Waals surface area contributed by atoms with E-state index >= 15 is 0 Å². The second-order valence-electron chi connectivity index (χ2n) is 5.29. The number of anilines is 2. The van der Waals surface area contributed by atoms with Gasteiger partial charge in [0, 0.05) is 28.9 Å². The maximum absolute atomic E-state index is 11.7. The molecule has 0 saturated heterocycles. The van der Waals surface area contributed by atoms with Crippen molar-refractivity contribution in [1.29, 1.82) is 0 Å². The Bertz CT molecular complexity index is 635. The van der Waals surface area contributed by atoms with Gasteiger partial charge in [-0.2, -0.15) is 0 Å². The van der Waals surface area contributed by atoms with Gasteiger partial charge in [0.25, 0.3) is 0 Å². The highest BCUT2D eigenvalue weighted by Gasteiger charge is 2.29. The van der Waals surface area contributed by atoms with E-state index in [1.807, 2.05) is 48.5 Å². The molecule has 1 amide bonds. The molecule has 3 rings (SSSR count). The van der Waals surface area contributed by atoms with Crippen molar-refractivity contribution < 1.29 is 4.79 Å². The molecule has 0 bridgehead atoms. The maximum Gasteiger partial charge on any atom is 0.227 e. The van der Waals surface area contributed by atoms with Gasteiger partial charge in [0.1, 0.15) is 0 Å². The molecule has 0 atom stereocenters. The van der Waals surface area contributed by atoms with Crippen molar-refractivity contribution in [2.75, 3.05) is 10.6 Å². The van der Waals surface area contributed by atoms with E-state index in [0.29, 0.717) is 6.54 Å². The minimum atomic E-state index is 0.131. The number of hydrogen-bond donors (Lipinski definition) is 2. The van der Waals surface area contributed by atoms with Crippen LogP contribution >= 0.6 is 11.6 Å². The van der Waals surface area contributed by atoms with Crippen molar-refractivity contribution in [3.63, 3.8) is 0 Å². The Hall–Kier alpha value is -2.00. The predicted octanol–water partition coefficient (Wildman–Crippen LogP) is 4.30. The molecule has 0 aliphatic heterocycles. The fourth-order valence-corrected chi connectivity index (χ4v) is 2.30. The van der Waals surface area contributed by atoms with E-state index in [1.54, 1.807) is 0 Å². The lowest BCUT2D eigenvalue weighted by molar-refractivity contribution is -0.117. The van der Waals surface area contributed by atoms with Crippen LogP contribution in [-0.4, -0.2) is 5.91 Å². The molecular formula is C17H17ClN2O. The molecule has 1 aliphatic carbocycles. The minimum absolute atomic E-state index is 0.131. The van der Waals surface area contributed by atoms with Crippen LogP contribution in [0.5, 0.6) is 0 Å². The summed E-state index contributed by atoms with van der Waals surface area (Å²) in [5.74, 6) is 0.356. The molecule has 2 aromatic rings. The van der Waals surface area contributed by atoms with E-state index < -0.39 is 0 Å². The van der Waals surface area contributed by atoms with Crippen LogP contribution in [0.4, 0.5) is 11.4 Å². The van der Waals surface area contributed by atoms with Gasteiger partial charge in [0.15, 0.2) is 0 Å². The van der Waals surface area contributed by atoms with Crippen molar-refractivity contribution in [3.8, 4) is 0 Å². The molecule has 2 N–H and O–H groups in total. The summed E-state index contributed by atoms with van der Waals surface area (Å²) in [5.41, 5.74) is 2.90. The van der Waals surface area contributed by atoms with Gasteiger partial charge in [-0.1, -0.05) is 29.8 Å². The molecule has 2 aromatic carbocycles. The third-order valence-electron chi connectivity index (χ3n) is 3.54. The number of halogens is 1. The molecule has 1 saturated carbocycles. The summed E-state index contributed by atoms with van der Waals surface area (Å²) in [6.45, 7) is 0.674. The lowest BCUT2D eigenvalue weighted by Gasteiger charge is -2.09. The molecule has 1 fully saturated rings. The molecule has 3 nitrogen and oxygen atoms in total. The average Bonchev–Trinajstić information content (AvgIpc) is 3.33. The number of rotatable bonds is 5. The minimum Gasteiger partial charge on any atom is -0.381 e. The Kier molecular flexibility index (Phi) is 4.11. The summed E-state index contributed by atoms with van der Waals surface area (Å²) in [5, 5.41) is 7.01. The van der Waals surface area contributed by atoms with Gasteiger partial charge in [-0.25, -0.2) is 0 Å². The summed E-state index contributed by atoms with van der Waals surface area (Å²) in [4.78, 5) is 11.7. The van der Waals surface area contributed by atoms with Crippen LogP contribution in [-0.2, 0) is 11.3 Å². The van der Waals surface area contributed by atoms with Gasteiger partial charge in [0.2, 0.25) is 5.91 Å². The number of carbonyl (C=O) groups is 1. The standard InChI is InChI=1S/C17H17ClN2O/c18-16-4-2-1-3-13(16)11-19-14-7-9-15(10-8-14)20-17(21)12-5-6-12/h1-4,7-10,12,19H,5-6,11H2,(H,20,21). The van der Waals surface area contributed by atoms with Crippen LogP contribution in [0.25, 0.3) is 0 Å². The highest BCUT2D eigenvalue weighted by atomic mass is 35.5. The summed E-state index contributed by atoms with van der Waals surface area (Å²) in [6.07, 6.45) is 2.03. The van der Waals surface area contributed by atoms with Gasteiger partial charge in [0.05, 0.1) is 0 Å². The molecule has 0 unspecified atom stereocenters. The molecule has 0 spiro atoms. The van der Waals surface area contributed by atoms with Gasteiger partial charge >= 0.3 is 0 Å². The molecule has 0 heterocycles. The smallest absolute Gasteiger partial charge is 0.227 e. The monoisotopic (exact) mass is 300 g/mol. The first-order valence-corrected chi connectivity index (χ1v) is 7.48. The Morgan fingerprint density at radius 2 is 1.71 bits per heavy atom. The van der Waals surface area contributed by atoms with Crippen LogP contribution in [0.15, 0.2) is 48.5 Å². The topological polar surface area (TPSA) is 41.1 Å².